The van der Waals surface area contributed by atoms with Crippen LogP contribution in [0.4, 0.5) is 0 Å². The third-order valence-electron chi connectivity index (χ3n) is 1.48. The molecule has 0 saturated heterocycles. The Morgan fingerprint density at radius 1 is 1.31 bits per heavy atom. The van der Waals surface area contributed by atoms with Crippen LogP contribution in [-0.4, -0.2) is 19.9 Å². The van der Waals surface area contributed by atoms with Crippen LogP contribution in [0.15, 0.2) is 23.1 Å². The molecule has 2 aromatic heterocycles. The third-order valence-corrected chi connectivity index (χ3v) is 2.66. The number of aromatic amines is 2. The fourth-order valence-corrected chi connectivity index (χ4v) is 1.25. The van der Waals surface area contributed by atoms with Crippen molar-refractivity contribution in [3.05, 3.63) is 27.7 Å². The second-order valence-corrected chi connectivity index (χ2v) is 3.61. The van der Waals surface area contributed by atoms with E-state index < -0.39 is 0 Å². The van der Waals surface area contributed by atoms with Crippen molar-refractivity contribution in [1.29, 1.82) is 0 Å². The van der Waals surface area contributed by atoms with Gasteiger partial charge in [-0.2, -0.15) is 0 Å². The Labute approximate surface area is 87.6 Å². The minimum absolute atomic E-state index is 0.612. The van der Waals surface area contributed by atoms with Gasteiger partial charge in [0.1, 0.15) is 4.64 Å². The number of imidazole rings is 1. The zero-order valence-corrected chi connectivity index (χ0v) is 8.82. The standard InChI is InChI=1S/C7H5BrN4S/c8-4-3-11-6(12-7(4)13)5-9-1-2-10-5/h1-3H,(H,9,10)(H,11,12,13). The predicted octanol–water partition coefficient (Wildman–Crippen LogP) is 2.29. The zero-order valence-electron chi connectivity index (χ0n) is 6.41. The lowest BCUT2D eigenvalue weighted by atomic mass is 10.5. The first kappa shape index (κ1) is 8.58. The summed E-state index contributed by atoms with van der Waals surface area (Å²) in [6.07, 6.45) is 5.04. The van der Waals surface area contributed by atoms with E-state index in [0.29, 0.717) is 16.3 Å². The minimum Gasteiger partial charge on any atom is -0.342 e. The average molecular weight is 257 g/mol. The quantitative estimate of drug-likeness (QED) is 0.770. The molecular weight excluding hydrogens is 252 g/mol. The van der Waals surface area contributed by atoms with Crippen molar-refractivity contribution >= 4 is 28.1 Å². The number of rotatable bonds is 1. The van der Waals surface area contributed by atoms with Crippen LogP contribution in [0.25, 0.3) is 11.6 Å². The summed E-state index contributed by atoms with van der Waals surface area (Å²) in [7, 11) is 0. The number of nitrogens with one attached hydrogen (secondary N) is 2. The van der Waals surface area contributed by atoms with E-state index in [-0.39, 0.29) is 0 Å². The Kier molecular flexibility index (Phi) is 2.24. The van der Waals surface area contributed by atoms with Crippen molar-refractivity contribution in [3.8, 4) is 11.6 Å². The van der Waals surface area contributed by atoms with Gasteiger partial charge in [0, 0.05) is 18.6 Å². The Morgan fingerprint density at radius 2 is 2.15 bits per heavy atom. The number of nitrogens with zero attached hydrogens (tertiary/aromatic N) is 2. The van der Waals surface area contributed by atoms with Gasteiger partial charge in [-0.05, 0) is 15.9 Å². The summed E-state index contributed by atoms with van der Waals surface area (Å²) >= 11 is 8.29. The summed E-state index contributed by atoms with van der Waals surface area (Å²) < 4.78 is 1.39. The maximum atomic E-state index is 5.03. The van der Waals surface area contributed by atoms with Crippen molar-refractivity contribution in [2.24, 2.45) is 0 Å². The maximum absolute atomic E-state index is 5.03. The van der Waals surface area contributed by atoms with Crippen molar-refractivity contribution in [1.82, 2.24) is 19.9 Å². The second-order valence-electron chi connectivity index (χ2n) is 2.35. The molecule has 66 valence electrons. The molecule has 0 saturated carbocycles. The molecule has 0 amide bonds. The lowest BCUT2D eigenvalue weighted by molar-refractivity contribution is 1.10. The lowest BCUT2D eigenvalue weighted by Crippen LogP contribution is -1.90. The van der Waals surface area contributed by atoms with Crippen molar-refractivity contribution in [2.75, 3.05) is 0 Å². The molecule has 0 aliphatic carbocycles. The monoisotopic (exact) mass is 256 g/mol. The number of H-pyrrole nitrogens is 2. The molecule has 4 nitrogen and oxygen atoms in total. The van der Waals surface area contributed by atoms with Crippen molar-refractivity contribution in [3.63, 3.8) is 0 Å². The molecule has 0 bridgehead atoms. The summed E-state index contributed by atoms with van der Waals surface area (Å²) in [4.78, 5) is 14.0. The van der Waals surface area contributed by atoms with Crippen LogP contribution in [0.2, 0.25) is 0 Å². The first-order chi connectivity index (χ1) is 6.27. The van der Waals surface area contributed by atoms with E-state index in [1.165, 1.54) is 0 Å². The van der Waals surface area contributed by atoms with Gasteiger partial charge >= 0.3 is 0 Å². The highest BCUT2D eigenvalue weighted by atomic mass is 79.9. The molecule has 0 aliphatic heterocycles. The normalized spacial score (nSPS) is 10.2. The Balaban J connectivity index is 2.55. The molecule has 0 aromatic carbocycles. The second kappa shape index (κ2) is 3.39. The van der Waals surface area contributed by atoms with E-state index in [0.717, 1.165) is 4.47 Å². The molecule has 13 heavy (non-hydrogen) atoms. The van der Waals surface area contributed by atoms with Crippen molar-refractivity contribution in [2.45, 2.75) is 0 Å². The molecule has 0 aliphatic rings. The predicted molar refractivity (Wildman–Crippen MR) is 54.7 cm³/mol. The summed E-state index contributed by atoms with van der Waals surface area (Å²) in [6.45, 7) is 0. The SMILES string of the molecule is S=c1[nH]c(-c2ncc[nH]2)ncc1Br. The van der Waals surface area contributed by atoms with E-state index in [9.17, 15) is 0 Å². The molecule has 0 radical (unpaired) electrons. The number of halogens is 1. The average Bonchev–Trinajstić information content (AvgIpc) is 2.62. The van der Waals surface area contributed by atoms with Crippen LogP contribution >= 0.6 is 28.1 Å². The molecule has 2 rings (SSSR count). The van der Waals surface area contributed by atoms with E-state index in [2.05, 4.69) is 35.9 Å². The summed E-state index contributed by atoms with van der Waals surface area (Å²) in [5.74, 6) is 1.32. The van der Waals surface area contributed by atoms with E-state index in [1.807, 2.05) is 0 Å². The zero-order chi connectivity index (χ0) is 9.26. The Morgan fingerprint density at radius 3 is 2.77 bits per heavy atom. The largest absolute Gasteiger partial charge is 0.342 e. The topological polar surface area (TPSA) is 57.4 Å². The molecule has 0 fully saturated rings. The van der Waals surface area contributed by atoms with Crippen LogP contribution < -0.4 is 0 Å². The highest BCUT2D eigenvalue weighted by molar-refractivity contribution is 9.10. The molecule has 2 N–H and O–H groups in total. The fourth-order valence-electron chi connectivity index (χ4n) is 0.894. The van der Waals surface area contributed by atoms with Gasteiger partial charge in [0.25, 0.3) is 0 Å². The van der Waals surface area contributed by atoms with Gasteiger partial charge in [0.05, 0.1) is 4.47 Å². The van der Waals surface area contributed by atoms with Crippen LogP contribution in [0, 0.1) is 4.64 Å². The van der Waals surface area contributed by atoms with Crippen LogP contribution in [0.5, 0.6) is 0 Å². The summed E-state index contributed by atoms with van der Waals surface area (Å²) in [5.41, 5.74) is 0. The maximum Gasteiger partial charge on any atom is 0.174 e. The van der Waals surface area contributed by atoms with Gasteiger partial charge in [-0.1, -0.05) is 12.2 Å². The van der Waals surface area contributed by atoms with Gasteiger partial charge < -0.3 is 9.97 Å². The van der Waals surface area contributed by atoms with Gasteiger partial charge in [-0.25, -0.2) is 9.97 Å². The van der Waals surface area contributed by atoms with Gasteiger partial charge in [-0.15, -0.1) is 0 Å². The number of hydrogen-bond acceptors (Lipinski definition) is 3. The third kappa shape index (κ3) is 1.68. The lowest BCUT2D eigenvalue weighted by Gasteiger charge is -1.96. The molecule has 0 atom stereocenters. The highest BCUT2D eigenvalue weighted by Crippen LogP contribution is 2.12. The fraction of sp³-hybridized carbons (Fsp3) is 0. The molecule has 0 unspecified atom stereocenters. The molecular formula is C7H5BrN4S. The van der Waals surface area contributed by atoms with Gasteiger partial charge in [-0.3, -0.25) is 0 Å². The van der Waals surface area contributed by atoms with Crippen LogP contribution in [0.1, 0.15) is 0 Å². The Bertz CT molecular complexity index is 462. The van der Waals surface area contributed by atoms with E-state index in [1.54, 1.807) is 18.6 Å². The molecule has 0 spiro atoms. The molecule has 2 aromatic rings. The number of aromatic nitrogens is 4. The molecule has 2 heterocycles. The Hall–Kier alpha value is -1.01. The smallest absolute Gasteiger partial charge is 0.174 e. The van der Waals surface area contributed by atoms with E-state index >= 15 is 0 Å². The number of hydrogen-bond donors (Lipinski definition) is 2. The first-order valence-electron chi connectivity index (χ1n) is 3.52. The highest BCUT2D eigenvalue weighted by Gasteiger charge is 2.01. The molecule has 6 heteroatoms. The van der Waals surface area contributed by atoms with Crippen LogP contribution in [0.3, 0.4) is 0 Å². The summed E-state index contributed by atoms with van der Waals surface area (Å²) in [5, 5.41) is 0. The van der Waals surface area contributed by atoms with E-state index in [4.69, 9.17) is 12.2 Å². The van der Waals surface area contributed by atoms with Crippen LogP contribution in [-0.2, 0) is 0 Å². The van der Waals surface area contributed by atoms with Gasteiger partial charge in [0.2, 0.25) is 0 Å². The minimum atomic E-state index is 0.612. The first-order valence-corrected chi connectivity index (χ1v) is 4.72. The van der Waals surface area contributed by atoms with Crippen molar-refractivity contribution < 1.29 is 0 Å². The summed E-state index contributed by atoms with van der Waals surface area (Å²) in [6, 6.07) is 0. The van der Waals surface area contributed by atoms with Gasteiger partial charge in [0.15, 0.2) is 11.6 Å².